The van der Waals surface area contributed by atoms with Crippen molar-refractivity contribution < 1.29 is 0 Å². The zero-order valence-electron chi connectivity index (χ0n) is 15.5. The molecule has 0 saturated carbocycles. The minimum Gasteiger partial charge on any atom is -0.385 e. The minimum absolute atomic E-state index is 0.287. The van der Waals surface area contributed by atoms with E-state index in [0.29, 0.717) is 0 Å². The minimum atomic E-state index is 0.287. The number of rotatable bonds is 8. The van der Waals surface area contributed by atoms with E-state index in [2.05, 4.69) is 76.3 Å². The van der Waals surface area contributed by atoms with E-state index in [9.17, 15) is 0 Å². The van der Waals surface area contributed by atoms with Crippen LogP contribution >= 0.6 is 0 Å². The second-order valence-corrected chi connectivity index (χ2v) is 6.45. The summed E-state index contributed by atoms with van der Waals surface area (Å²) in [5.74, 6) is 0. The Kier molecular flexibility index (Phi) is 6.39. The summed E-state index contributed by atoms with van der Waals surface area (Å²) in [6.07, 6.45) is 8.76. The SMILES string of the molecule is CCc1cccc(C2=CNC(C)C(NCCNCc3ccncn3)=C2)c1. The molecule has 0 saturated heterocycles. The largest absolute Gasteiger partial charge is 0.385 e. The monoisotopic (exact) mass is 349 g/mol. The number of benzene rings is 1. The molecule has 0 radical (unpaired) electrons. The summed E-state index contributed by atoms with van der Waals surface area (Å²) in [6.45, 7) is 6.85. The highest BCUT2D eigenvalue weighted by molar-refractivity contribution is 5.76. The molecule has 0 bridgehead atoms. The van der Waals surface area contributed by atoms with Crippen molar-refractivity contribution in [3.05, 3.63) is 77.6 Å². The number of aromatic nitrogens is 2. The van der Waals surface area contributed by atoms with Crippen LogP contribution in [0.4, 0.5) is 0 Å². The number of nitrogens with one attached hydrogen (secondary N) is 3. The fraction of sp³-hybridized carbons (Fsp3) is 0.333. The van der Waals surface area contributed by atoms with E-state index in [-0.39, 0.29) is 6.04 Å². The Morgan fingerprint density at radius 2 is 2.12 bits per heavy atom. The van der Waals surface area contributed by atoms with E-state index in [1.54, 1.807) is 12.5 Å². The lowest BCUT2D eigenvalue weighted by atomic mass is 9.99. The van der Waals surface area contributed by atoms with Gasteiger partial charge in [0.25, 0.3) is 0 Å². The van der Waals surface area contributed by atoms with Gasteiger partial charge in [-0.1, -0.05) is 31.2 Å². The van der Waals surface area contributed by atoms with Crippen LogP contribution in [0, 0.1) is 0 Å². The van der Waals surface area contributed by atoms with E-state index < -0.39 is 0 Å². The highest BCUT2D eigenvalue weighted by Crippen LogP contribution is 2.22. The van der Waals surface area contributed by atoms with Gasteiger partial charge in [0.05, 0.1) is 11.7 Å². The van der Waals surface area contributed by atoms with Gasteiger partial charge in [0.1, 0.15) is 6.33 Å². The summed E-state index contributed by atoms with van der Waals surface area (Å²) in [6, 6.07) is 11.0. The Balaban J connectivity index is 1.53. The van der Waals surface area contributed by atoms with Crippen LogP contribution in [-0.2, 0) is 13.0 Å². The topological polar surface area (TPSA) is 61.9 Å². The number of hydrogen-bond acceptors (Lipinski definition) is 5. The number of hydrogen-bond donors (Lipinski definition) is 3. The Hall–Kier alpha value is -2.66. The van der Waals surface area contributed by atoms with Crippen molar-refractivity contribution in [1.82, 2.24) is 25.9 Å². The molecule has 0 fully saturated rings. The van der Waals surface area contributed by atoms with Crippen molar-refractivity contribution in [1.29, 1.82) is 0 Å². The maximum Gasteiger partial charge on any atom is 0.115 e. The van der Waals surface area contributed by atoms with Gasteiger partial charge in [-0.2, -0.15) is 0 Å². The molecule has 3 rings (SSSR count). The fourth-order valence-corrected chi connectivity index (χ4v) is 2.91. The van der Waals surface area contributed by atoms with Crippen molar-refractivity contribution in [2.45, 2.75) is 32.9 Å². The molecule has 0 aliphatic carbocycles. The van der Waals surface area contributed by atoms with Gasteiger partial charge in [0.2, 0.25) is 0 Å². The van der Waals surface area contributed by atoms with Crippen LogP contribution < -0.4 is 16.0 Å². The average Bonchev–Trinajstić information content (AvgIpc) is 2.70. The molecule has 1 aromatic carbocycles. The molecule has 1 aliphatic rings. The van der Waals surface area contributed by atoms with Gasteiger partial charge in [-0.3, -0.25) is 0 Å². The van der Waals surface area contributed by atoms with Crippen LogP contribution in [0.15, 0.2) is 60.8 Å². The van der Waals surface area contributed by atoms with E-state index in [0.717, 1.165) is 31.7 Å². The van der Waals surface area contributed by atoms with Crippen molar-refractivity contribution in [2.75, 3.05) is 13.1 Å². The highest BCUT2D eigenvalue weighted by atomic mass is 15.0. The van der Waals surface area contributed by atoms with Gasteiger partial charge < -0.3 is 16.0 Å². The Morgan fingerprint density at radius 3 is 2.92 bits per heavy atom. The van der Waals surface area contributed by atoms with Crippen LogP contribution in [0.1, 0.15) is 30.7 Å². The molecule has 1 atom stereocenters. The summed E-state index contributed by atoms with van der Waals surface area (Å²) in [5.41, 5.74) is 6.06. The molecule has 0 amide bonds. The summed E-state index contributed by atoms with van der Waals surface area (Å²) in [4.78, 5) is 8.14. The van der Waals surface area contributed by atoms with Crippen LogP contribution in [0.25, 0.3) is 5.57 Å². The lowest BCUT2D eigenvalue weighted by Crippen LogP contribution is -2.36. The third kappa shape index (κ3) is 4.92. The maximum absolute atomic E-state index is 4.21. The molecule has 1 aromatic heterocycles. The van der Waals surface area contributed by atoms with E-state index in [1.807, 2.05) is 6.07 Å². The first-order valence-electron chi connectivity index (χ1n) is 9.23. The Morgan fingerprint density at radius 1 is 1.19 bits per heavy atom. The summed E-state index contributed by atoms with van der Waals surface area (Å²) in [5, 5.41) is 10.4. The third-order valence-corrected chi connectivity index (χ3v) is 4.52. The number of aryl methyl sites for hydroxylation is 1. The molecule has 2 aromatic rings. The van der Waals surface area contributed by atoms with Gasteiger partial charge in [0, 0.05) is 37.7 Å². The second-order valence-electron chi connectivity index (χ2n) is 6.45. The quantitative estimate of drug-likeness (QED) is 0.640. The first-order chi connectivity index (χ1) is 12.8. The van der Waals surface area contributed by atoms with Crippen LogP contribution in [-0.4, -0.2) is 29.1 Å². The molecule has 0 spiro atoms. The molecule has 136 valence electrons. The maximum atomic E-state index is 4.21. The van der Waals surface area contributed by atoms with Gasteiger partial charge in [0.15, 0.2) is 0 Å². The molecule has 1 aliphatic heterocycles. The molecule has 1 unspecified atom stereocenters. The fourth-order valence-electron chi connectivity index (χ4n) is 2.91. The molecule has 5 heteroatoms. The molecule has 5 nitrogen and oxygen atoms in total. The Bertz CT molecular complexity index is 767. The molecule has 26 heavy (non-hydrogen) atoms. The highest BCUT2D eigenvalue weighted by Gasteiger charge is 2.13. The third-order valence-electron chi connectivity index (χ3n) is 4.52. The van der Waals surface area contributed by atoms with Gasteiger partial charge in [-0.15, -0.1) is 0 Å². The number of allylic oxidation sites excluding steroid dienone is 2. The van der Waals surface area contributed by atoms with Crippen molar-refractivity contribution in [3.63, 3.8) is 0 Å². The van der Waals surface area contributed by atoms with Crippen molar-refractivity contribution >= 4 is 5.57 Å². The normalized spacial score (nSPS) is 16.5. The summed E-state index contributed by atoms with van der Waals surface area (Å²) < 4.78 is 0. The van der Waals surface area contributed by atoms with Crippen molar-refractivity contribution in [2.24, 2.45) is 0 Å². The standard InChI is InChI=1S/C21H27N5/c1-3-17-5-4-6-18(11-17)19-12-21(16(2)25-13-19)24-10-9-22-14-20-7-8-23-15-26-20/h4-8,11-13,15-16,22,24-25H,3,9-10,14H2,1-2H3. The summed E-state index contributed by atoms with van der Waals surface area (Å²) >= 11 is 0. The predicted octanol–water partition coefficient (Wildman–Crippen LogP) is 2.63. The first kappa shape index (κ1) is 18.1. The van der Waals surface area contributed by atoms with Gasteiger partial charge in [-0.25, -0.2) is 9.97 Å². The number of nitrogens with zero attached hydrogens (tertiary/aromatic N) is 2. The number of dihydropyridines is 1. The molecule has 3 N–H and O–H groups in total. The van der Waals surface area contributed by atoms with Crippen LogP contribution in [0.5, 0.6) is 0 Å². The lowest BCUT2D eigenvalue weighted by Gasteiger charge is -2.24. The average molecular weight is 349 g/mol. The zero-order valence-corrected chi connectivity index (χ0v) is 15.5. The van der Waals surface area contributed by atoms with Gasteiger partial charge >= 0.3 is 0 Å². The van der Waals surface area contributed by atoms with E-state index >= 15 is 0 Å². The second kappa shape index (κ2) is 9.15. The van der Waals surface area contributed by atoms with Crippen LogP contribution in [0.3, 0.4) is 0 Å². The molecular formula is C21H27N5. The predicted molar refractivity (Wildman–Crippen MR) is 106 cm³/mol. The first-order valence-corrected chi connectivity index (χ1v) is 9.23. The Labute approximate surface area is 155 Å². The lowest BCUT2D eigenvalue weighted by molar-refractivity contribution is 0.598. The van der Waals surface area contributed by atoms with Crippen molar-refractivity contribution in [3.8, 4) is 0 Å². The van der Waals surface area contributed by atoms with Gasteiger partial charge in [-0.05, 0) is 42.2 Å². The summed E-state index contributed by atoms with van der Waals surface area (Å²) in [7, 11) is 0. The zero-order chi connectivity index (χ0) is 18.2. The van der Waals surface area contributed by atoms with Crippen LogP contribution in [0.2, 0.25) is 0 Å². The smallest absolute Gasteiger partial charge is 0.115 e. The molecular weight excluding hydrogens is 322 g/mol. The molecule has 2 heterocycles. The van der Waals surface area contributed by atoms with E-state index in [1.165, 1.54) is 22.4 Å². The van der Waals surface area contributed by atoms with E-state index in [4.69, 9.17) is 0 Å².